The van der Waals surface area contributed by atoms with Gasteiger partial charge >= 0.3 is 0 Å². The molecular formula is C16H20N4. The van der Waals surface area contributed by atoms with E-state index in [1.165, 1.54) is 12.8 Å². The Labute approximate surface area is 118 Å². The van der Waals surface area contributed by atoms with Crippen molar-refractivity contribution in [3.63, 3.8) is 0 Å². The lowest BCUT2D eigenvalue weighted by Gasteiger charge is -2.18. The fourth-order valence-corrected chi connectivity index (χ4v) is 3.68. The molecule has 0 saturated heterocycles. The first-order chi connectivity index (χ1) is 9.90. The molecule has 2 heterocycles. The fourth-order valence-electron chi connectivity index (χ4n) is 3.68. The molecule has 1 saturated carbocycles. The summed E-state index contributed by atoms with van der Waals surface area (Å²) in [6, 6.07) is 6.01. The van der Waals surface area contributed by atoms with E-state index in [9.17, 15) is 0 Å². The minimum atomic E-state index is 0.835. The minimum absolute atomic E-state index is 0.835. The van der Waals surface area contributed by atoms with Gasteiger partial charge in [0.05, 0.1) is 0 Å². The molecule has 0 aliphatic heterocycles. The lowest BCUT2D eigenvalue weighted by Crippen LogP contribution is -2.27. The van der Waals surface area contributed by atoms with Gasteiger partial charge in [-0.05, 0) is 49.3 Å². The highest BCUT2D eigenvalue weighted by atomic mass is 15.2. The van der Waals surface area contributed by atoms with Gasteiger partial charge < -0.3 is 5.32 Å². The molecule has 1 fully saturated rings. The van der Waals surface area contributed by atoms with E-state index in [1.54, 1.807) is 0 Å². The topological polar surface area (TPSA) is 42.2 Å². The number of nitrogens with zero attached hydrogens (tertiary/aromatic N) is 3. The summed E-state index contributed by atoms with van der Waals surface area (Å²) in [5.41, 5.74) is 0.931. The Morgan fingerprint density at radius 2 is 2.20 bits per heavy atom. The number of hydrogen-bond donors (Lipinski definition) is 1. The molecule has 2 aromatic heterocycles. The van der Waals surface area contributed by atoms with Crippen LogP contribution in [0.4, 0.5) is 0 Å². The zero-order valence-electron chi connectivity index (χ0n) is 11.6. The second-order valence-electron chi connectivity index (χ2n) is 6.04. The summed E-state index contributed by atoms with van der Waals surface area (Å²) in [5.74, 6) is 3.59. The molecule has 3 unspecified atom stereocenters. The van der Waals surface area contributed by atoms with Crippen LogP contribution in [-0.2, 0) is 6.42 Å². The van der Waals surface area contributed by atoms with Crippen molar-refractivity contribution in [2.45, 2.75) is 19.3 Å². The molecule has 0 amide bonds. The second-order valence-corrected chi connectivity index (χ2v) is 6.04. The van der Waals surface area contributed by atoms with E-state index in [0.29, 0.717) is 0 Å². The van der Waals surface area contributed by atoms with Crippen molar-refractivity contribution < 1.29 is 0 Å². The average Bonchev–Trinajstić information content (AvgIpc) is 3.19. The fraction of sp³-hybridized carbons (Fsp3) is 0.500. The summed E-state index contributed by atoms with van der Waals surface area (Å²) in [5, 5.41) is 12.0. The first kappa shape index (κ1) is 12.1. The summed E-state index contributed by atoms with van der Waals surface area (Å²) in [7, 11) is 0. The van der Waals surface area contributed by atoms with Crippen molar-refractivity contribution in [2.24, 2.45) is 17.8 Å². The van der Waals surface area contributed by atoms with Crippen molar-refractivity contribution in [3.05, 3.63) is 42.4 Å². The Kier molecular flexibility index (Phi) is 3.03. The standard InChI is InChI=1S/C16H20N4/c1-2-8-20-15(3-1)18-19-16(20)6-7-17-11-14-10-12-4-5-13(14)9-12/h1-5,8,12-14,17H,6-7,9-11H2. The Hall–Kier alpha value is -1.68. The molecule has 4 nitrogen and oxygen atoms in total. The summed E-state index contributed by atoms with van der Waals surface area (Å²) in [6.07, 6.45) is 10.6. The maximum Gasteiger partial charge on any atom is 0.160 e. The third kappa shape index (κ3) is 2.14. The number of hydrogen-bond acceptors (Lipinski definition) is 3. The number of allylic oxidation sites excluding steroid dienone is 2. The molecule has 0 radical (unpaired) electrons. The molecule has 2 aromatic rings. The maximum absolute atomic E-state index is 4.26. The molecule has 20 heavy (non-hydrogen) atoms. The molecule has 1 N–H and O–H groups in total. The van der Waals surface area contributed by atoms with Gasteiger partial charge in [-0.25, -0.2) is 0 Å². The quantitative estimate of drug-likeness (QED) is 0.667. The van der Waals surface area contributed by atoms with E-state index in [2.05, 4.69) is 32.1 Å². The molecule has 2 bridgehead atoms. The third-order valence-electron chi connectivity index (χ3n) is 4.73. The number of nitrogens with one attached hydrogen (secondary N) is 1. The first-order valence-electron chi connectivity index (χ1n) is 7.58. The lowest BCUT2D eigenvalue weighted by molar-refractivity contribution is 0.415. The highest BCUT2D eigenvalue weighted by molar-refractivity contribution is 5.36. The van der Waals surface area contributed by atoms with Crippen molar-refractivity contribution in [1.29, 1.82) is 0 Å². The lowest BCUT2D eigenvalue weighted by atomic mass is 9.94. The number of aromatic nitrogens is 3. The van der Waals surface area contributed by atoms with Gasteiger partial charge in [0, 0.05) is 19.2 Å². The molecule has 2 aliphatic rings. The van der Waals surface area contributed by atoms with Crippen molar-refractivity contribution in [2.75, 3.05) is 13.1 Å². The van der Waals surface area contributed by atoms with Gasteiger partial charge in [0.15, 0.2) is 5.65 Å². The first-order valence-corrected chi connectivity index (χ1v) is 7.58. The summed E-state index contributed by atoms with van der Waals surface area (Å²) in [4.78, 5) is 0. The Morgan fingerprint density at radius 3 is 3.05 bits per heavy atom. The summed E-state index contributed by atoms with van der Waals surface area (Å²) in [6.45, 7) is 2.12. The van der Waals surface area contributed by atoms with Gasteiger partial charge in [0.1, 0.15) is 5.82 Å². The van der Waals surface area contributed by atoms with E-state index < -0.39 is 0 Å². The van der Waals surface area contributed by atoms with Gasteiger partial charge in [-0.15, -0.1) is 10.2 Å². The van der Waals surface area contributed by atoms with Gasteiger partial charge in [0.2, 0.25) is 0 Å². The van der Waals surface area contributed by atoms with E-state index in [4.69, 9.17) is 0 Å². The highest BCUT2D eigenvalue weighted by Gasteiger charge is 2.34. The van der Waals surface area contributed by atoms with E-state index in [-0.39, 0.29) is 0 Å². The average molecular weight is 268 g/mol. The van der Waals surface area contributed by atoms with Crippen molar-refractivity contribution in [3.8, 4) is 0 Å². The van der Waals surface area contributed by atoms with E-state index >= 15 is 0 Å². The number of fused-ring (bicyclic) bond motifs is 3. The number of pyridine rings is 1. The zero-order chi connectivity index (χ0) is 13.4. The summed E-state index contributed by atoms with van der Waals surface area (Å²) < 4.78 is 2.07. The predicted octanol–water partition coefficient (Wildman–Crippen LogP) is 2.07. The SMILES string of the molecule is C1=CC2CC1CC2CNCCc1nnc2ccccn12. The molecule has 0 aromatic carbocycles. The number of rotatable bonds is 5. The van der Waals surface area contributed by atoms with Gasteiger partial charge in [-0.1, -0.05) is 18.2 Å². The Balaban J connectivity index is 1.30. The van der Waals surface area contributed by atoms with Crippen LogP contribution in [0.2, 0.25) is 0 Å². The normalized spacial score (nSPS) is 27.7. The van der Waals surface area contributed by atoms with Crippen LogP contribution in [0.5, 0.6) is 0 Å². The molecule has 104 valence electrons. The second kappa shape index (κ2) is 5.02. The molecular weight excluding hydrogens is 248 g/mol. The van der Waals surface area contributed by atoms with E-state index in [1.807, 2.05) is 24.4 Å². The van der Waals surface area contributed by atoms with Crippen LogP contribution in [0, 0.1) is 17.8 Å². The van der Waals surface area contributed by atoms with Gasteiger partial charge in [0.25, 0.3) is 0 Å². The highest BCUT2D eigenvalue weighted by Crippen LogP contribution is 2.42. The van der Waals surface area contributed by atoms with Crippen molar-refractivity contribution in [1.82, 2.24) is 19.9 Å². The van der Waals surface area contributed by atoms with Crippen LogP contribution in [-0.4, -0.2) is 27.7 Å². The maximum atomic E-state index is 4.26. The molecule has 0 spiro atoms. The van der Waals surface area contributed by atoms with Crippen LogP contribution in [0.1, 0.15) is 18.7 Å². The molecule has 3 atom stereocenters. The Bertz CT molecular complexity index is 630. The Morgan fingerprint density at radius 1 is 1.20 bits per heavy atom. The van der Waals surface area contributed by atoms with Gasteiger partial charge in [-0.3, -0.25) is 4.40 Å². The van der Waals surface area contributed by atoms with Crippen LogP contribution in [0.15, 0.2) is 36.5 Å². The predicted molar refractivity (Wildman–Crippen MR) is 78.4 cm³/mol. The summed E-state index contributed by atoms with van der Waals surface area (Å²) >= 11 is 0. The molecule has 4 rings (SSSR count). The van der Waals surface area contributed by atoms with Crippen LogP contribution < -0.4 is 5.32 Å². The third-order valence-corrected chi connectivity index (χ3v) is 4.73. The monoisotopic (exact) mass is 268 g/mol. The zero-order valence-corrected chi connectivity index (χ0v) is 11.6. The smallest absolute Gasteiger partial charge is 0.160 e. The van der Waals surface area contributed by atoms with Crippen LogP contribution >= 0.6 is 0 Å². The molecule has 4 heteroatoms. The van der Waals surface area contributed by atoms with Crippen LogP contribution in [0.3, 0.4) is 0 Å². The van der Waals surface area contributed by atoms with Crippen LogP contribution in [0.25, 0.3) is 5.65 Å². The largest absolute Gasteiger partial charge is 0.316 e. The molecule has 2 aliphatic carbocycles. The minimum Gasteiger partial charge on any atom is -0.316 e. The van der Waals surface area contributed by atoms with Crippen molar-refractivity contribution >= 4 is 5.65 Å². The van der Waals surface area contributed by atoms with Gasteiger partial charge in [-0.2, -0.15) is 0 Å². The van der Waals surface area contributed by atoms with E-state index in [0.717, 1.165) is 48.7 Å².